The number of rotatable bonds is 6. The topological polar surface area (TPSA) is 83.4 Å². The predicted octanol–water partition coefficient (Wildman–Crippen LogP) is 0.252. The molecule has 1 atom stereocenters. The van der Waals surface area contributed by atoms with Crippen LogP contribution in [0.5, 0.6) is 0 Å². The van der Waals surface area contributed by atoms with Gasteiger partial charge in [0.25, 0.3) is 5.89 Å². The molecule has 80 valence electrons. The van der Waals surface area contributed by atoms with Crippen LogP contribution in [-0.2, 0) is 16.1 Å². The molecule has 0 radical (unpaired) electrons. The molecule has 1 unspecified atom stereocenters. The van der Waals surface area contributed by atoms with Crippen LogP contribution in [0.15, 0.2) is 4.52 Å². The summed E-state index contributed by atoms with van der Waals surface area (Å²) in [6.07, 6.45) is 0. The fourth-order valence-corrected chi connectivity index (χ4v) is 0.813. The van der Waals surface area contributed by atoms with Crippen molar-refractivity contribution >= 4 is 0 Å². The van der Waals surface area contributed by atoms with E-state index in [0.29, 0.717) is 31.5 Å². The molecule has 0 spiro atoms. The molecule has 0 saturated carbocycles. The average Bonchev–Trinajstić information content (AvgIpc) is 2.61. The van der Waals surface area contributed by atoms with Gasteiger partial charge in [-0.3, -0.25) is 0 Å². The van der Waals surface area contributed by atoms with E-state index in [9.17, 15) is 0 Å². The van der Waals surface area contributed by atoms with Crippen molar-refractivity contribution in [1.29, 1.82) is 0 Å². The molecule has 0 saturated heterocycles. The molecule has 1 heterocycles. The molecule has 1 aromatic rings. The highest BCUT2D eigenvalue weighted by molar-refractivity contribution is 4.89. The molecule has 6 nitrogen and oxygen atoms in total. The van der Waals surface area contributed by atoms with Crippen LogP contribution in [0.3, 0.4) is 0 Å². The lowest BCUT2D eigenvalue weighted by molar-refractivity contribution is 0.0494. The Labute approximate surface area is 82.4 Å². The molecule has 0 aliphatic carbocycles. The predicted molar refractivity (Wildman–Crippen MR) is 48.4 cm³/mol. The van der Waals surface area contributed by atoms with Crippen molar-refractivity contribution in [1.82, 2.24) is 10.1 Å². The lowest BCUT2D eigenvalue weighted by Gasteiger charge is -1.98. The van der Waals surface area contributed by atoms with Gasteiger partial charge in [-0.15, -0.1) is 0 Å². The smallest absolute Gasteiger partial charge is 0.252 e. The Morgan fingerprint density at radius 2 is 2.29 bits per heavy atom. The monoisotopic (exact) mass is 201 g/mol. The number of aromatic nitrogens is 2. The van der Waals surface area contributed by atoms with Crippen LogP contribution in [0.1, 0.15) is 24.7 Å². The first-order valence-corrected chi connectivity index (χ1v) is 4.38. The van der Waals surface area contributed by atoms with Gasteiger partial charge in [0.05, 0.1) is 19.3 Å². The highest BCUT2D eigenvalue weighted by Crippen LogP contribution is 2.05. The highest BCUT2D eigenvalue weighted by atomic mass is 16.5. The molecular weight excluding hydrogens is 186 g/mol. The van der Waals surface area contributed by atoms with Crippen molar-refractivity contribution in [2.45, 2.75) is 19.6 Å². The number of nitrogens with zero attached hydrogens (tertiary/aromatic N) is 2. The molecule has 0 amide bonds. The Hall–Kier alpha value is -0.980. The van der Waals surface area contributed by atoms with Crippen LogP contribution < -0.4 is 5.73 Å². The largest absolute Gasteiger partial charge is 0.382 e. The van der Waals surface area contributed by atoms with Crippen LogP contribution in [0.25, 0.3) is 0 Å². The van der Waals surface area contributed by atoms with Gasteiger partial charge >= 0.3 is 0 Å². The third kappa shape index (κ3) is 3.41. The van der Waals surface area contributed by atoms with E-state index in [1.54, 1.807) is 14.0 Å². The summed E-state index contributed by atoms with van der Waals surface area (Å²) in [4.78, 5) is 4.04. The summed E-state index contributed by atoms with van der Waals surface area (Å²) in [5.41, 5.74) is 5.56. The van der Waals surface area contributed by atoms with Crippen molar-refractivity contribution in [2.24, 2.45) is 5.73 Å². The van der Waals surface area contributed by atoms with E-state index in [1.165, 1.54) is 0 Å². The van der Waals surface area contributed by atoms with Crippen molar-refractivity contribution in [2.75, 3.05) is 20.3 Å². The maximum atomic E-state index is 5.56. The van der Waals surface area contributed by atoms with E-state index in [2.05, 4.69) is 10.1 Å². The van der Waals surface area contributed by atoms with Crippen molar-refractivity contribution < 1.29 is 14.0 Å². The molecule has 6 heteroatoms. The summed E-state index contributed by atoms with van der Waals surface area (Å²) in [5.74, 6) is 0.934. The number of hydrogen-bond acceptors (Lipinski definition) is 6. The Morgan fingerprint density at radius 1 is 1.50 bits per heavy atom. The van der Waals surface area contributed by atoms with Gasteiger partial charge in [0.1, 0.15) is 6.61 Å². The molecule has 1 rings (SSSR count). The van der Waals surface area contributed by atoms with E-state index in [4.69, 9.17) is 19.7 Å². The molecule has 14 heavy (non-hydrogen) atoms. The molecule has 2 N–H and O–H groups in total. The quantitative estimate of drug-likeness (QED) is 0.664. The fraction of sp³-hybridized carbons (Fsp3) is 0.750. The highest BCUT2D eigenvalue weighted by Gasteiger charge is 2.09. The van der Waals surface area contributed by atoms with Gasteiger partial charge in [-0.2, -0.15) is 4.98 Å². The van der Waals surface area contributed by atoms with Crippen LogP contribution in [0.4, 0.5) is 0 Å². The minimum absolute atomic E-state index is 0.216. The van der Waals surface area contributed by atoms with Gasteiger partial charge in [0.2, 0.25) is 0 Å². The van der Waals surface area contributed by atoms with Crippen molar-refractivity contribution in [3.8, 4) is 0 Å². The zero-order chi connectivity index (χ0) is 10.4. The lowest BCUT2D eigenvalue weighted by atomic mass is 10.3. The van der Waals surface area contributed by atoms with Gasteiger partial charge in [-0.05, 0) is 6.92 Å². The van der Waals surface area contributed by atoms with E-state index < -0.39 is 0 Å². The van der Waals surface area contributed by atoms with Crippen LogP contribution in [0.2, 0.25) is 0 Å². The molecule has 0 aromatic carbocycles. The molecule has 0 fully saturated rings. The van der Waals surface area contributed by atoms with Crippen molar-refractivity contribution in [3.63, 3.8) is 0 Å². The second-order valence-electron chi connectivity index (χ2n) is 2.88. The summed E-state index contributed by atoms with van der Waals surface area (Å²) in [6.45, 7) is 3.14. The first-order valence-electron chi connectivity index (χ1n) is 4.38. The second-order valence-corrected chi connectivity index (χ2v) is 2.88. The molecular formula is C8H15N3O3. The summed E-state index contributed by atoms with van der Waals surface area (Å²) in [7, 11) is 1.62. The first-order chi connectivity index (χ1) is 6.74. The minimum atomic E-state index is -0.216. The van der Waals surface area contributed by atoms with E-state index >= 15 is 0 Å². The Balaban J connectivity index is 2.29. The third-order valence-corrected chi connectivity index (χ3v) is 1.55. The standard InChI is InChI=1S/C8H15N3O3/c1-6(9)8-10-7(14-11-8)5-13-4-3-12-2/h6H,3-5,9H2,1-2H3. The maximum Gasteiger partial charge on any atom is 0.252 e. The zero-order valence-corrected chi connectivity index (χ0v) is 8.40. The Kier molecular flexibility index (Phi) is 4.51. The van der Waals surface area contributed by atoms with Gasteiger partial charge in [0.15, 0.2) is 5.82 Å². The average molecular weight is 201 g/mol. The molecule has 1 aromatic heterocycles. The summed E-state index contributed by atoms with van der Waals surface area (Å²) in [5, 5.41) is 3.69. The van der Waals surface area contributed by atoms with Gasteiger partial charge in [-0.1, -0.05) is 5.16 Å². The van der Waals surface area contributed by atoms with Crippen LogP contribution in [0, 0.1) is 0 Å². The molecule has 0 aliphatic heterocycles. The number of hydrogen-bond donors (Lipinski definition) is 1. The van der Waals surface area contributed by atoms with Gasteiger partial charge in [-0.25, -0.2) is 0 Å². The lowest BCUT2D eigenvalue weighted by Crippen LogP contribution is -2.07. The van der Waals surface area contributed by atoms with Crippen molar-refractivity contribution in [3.05, 3.63) is 11.7 Å². The first kappa shape index (κ1) is 11.1. The van der Waals surface area contributed by atoms with E-state index in [0.717, 1.165) is 0 Å². The SMILES string of the molecule is COCCOCc1nc(C(C)N)no1. The zero-order valence-electron chi connectivity index (χ0n) is 8.40. The maximum absolute atomic E-state index is 5.56. The van der Waals surface area contributed by atoms with Crippen LogP contribution in [-0.4, -0.2) is 30.5 Å². The number of ether oxygens (including phenoxy) is 2. The minimum Gasteiger partial charge on any atom is -0.382 e. The second kappa shape index (κ2) is 5.69. The Morgan fingerprint density at radius 3 is 2.86 bits per heavy atom. The normalized spacial score (nSPS) is 13.1. The number of methoxy groups -OCH3 is 1. The van der Waals surface area contributed by atoms with Gasteiger partial charge < -0.3 is 19.7 Å². The summed E-state index contributed by atoms with van der Waals surface area (Å²) >= 11 is 0. The number of nitrogens with two attached hydrogens (primary N) is 1. The fourth-order valence-electron chi connectivity index (χ4n) is 0.813. The third-order valence-electron chi connectivity index (χ3n) is 1.55. The van der Waals surface area contributed by atoms with Crippen LogP contribution >= 0.6 is 0 Å². The van der Waals surface area contributed by atoms with E-state index in [1.807, 2.05) is 0 Å². The molecule has 0 bridgehead atoms. The molecule has 0 aliphatic rings. The Bertz CT molecular complexity index is 262. The summed E-state index contributed by atoms with van der Waals surface area (Å²) in [6, 6.07) is -0.216. The van der Waals surface area contributed by atoms with E-state index in [-0.39, 0.29) is 6.04 Å². The summed E-state index contributed by atoms with van der Waals surface area (Å²) < 4.78 is 14.9. The van der Waals surface area contributed by atoms with Gasteiger partial charge in [0, 0.05) is 7.11 Å².